The molecule has 0 heterocycles. The van der Waals surface area contributed by atoms with Crippen LogP contribution in [0.5, 0.6) is 0 Å². The van der Waals surface area contributed by atoms with E-state index in [1.165, 1.54) is 6.08 Å². The average Bonchev–Trinajstić information content (AvgIpc) is 2.27. The first kappa shape index (κ1) is 11.4. The van der Waals surface area contributed by atoms with Crippen molar-refractivity contribution in [1.82, 2.24) is 10.9 Å². The van der Waals surface area contributed by atoms with Crippen LogP contribution >= 0.6 is 0 Å². The second kappa shape index (κ2) is 6.70. The van der Waals surface area contributed by atoms with E-state index in [0.29, 0.717) is 19.5 Å². The highest BCUT2D eigenvalue weighted by Gasteiger charge is 2.04. The summed E-state index contributed by atoms with van der Waals surface area (Å²) >= 11 is 0. The molecule has 0 unspecified atom stereocenters. The van der Waals surface area contributed by atoms with Crippen molar-refractivity contribution in [2.24, 2.45) is 4.99 Å². The molecule has 1 amide bonds. The third-order valence-corrected chi connectivity index (χ3v) is 2.06. The van der Waals surface area contributed by atoms with Gasteiger partial charge in [-0.2, -0.15) is 0 Å². The van der Waals surface area contributed by atoms with Gasteiger partial charge in [0.2, 0.25) is 12.5 Å². The van der Waals surface area contributed by atoms with E-state index in [2.05, 4.69) is 21.9 Å². The maximum atomic E-state index is 9.99. The van der Waals surface area contributed by atoms with Crippen LogP contribution in [0.1, 0.15) is 12.8 Å². The number of nitrogens with one attached hydrogen (secondary N) is 2. The maximum absolute atomic E-state index is 9.99. The summed E-state index contributed by atoms with van der Waals surface area (Å²) in [5, 5.41) is 0. The molecule has 0 aromatic carbocycles. The topological polar surface area (TPSA) is 70.6 Å². The van der Waals surface area contributed by atoms with Crippen LogP contribution < -0.4 is 10.9 Å². The van der Waals surface area contributed by atoms with Crippen molar-refractivity contribution >= 4 is 12.5 Å². The Morgan fingerprint density at radius 2 is 2.47 bits per heavy atom. The minimum absolute atomic E-state index is 0.419. The van der Waals surface area contributed by atoms with Crippen molar-refractivity contribution in [2.45, 2.75) is 12.8 Å². The van der Waals surface area contributed by atoms with Gasteiger partial charge in [-0.15, -0.1) is 0 Å². The van der Waals surface area contributed by atoms with Gasteiger partial charge in [0.1, 0.15) is 0 Å². The number of isocyanates is 1. The number of carbonyl (C=O) groups excluding carboxylic acids is 2. The molecule has 0 fully saturated rings. The molecular weight excluding hydrogens is 194 g/mol. The number of allylic oxidation sites excluding steroid dienone is 1. The van der Waals surface area contributed by atoms with E-state index in [4.69, 9.17) is 0 Å². The molecule has 80 valence electrons. The van der Waals surface area contributed by atoms with Gasteiger partial charge in [-0.3, -0.25) is 10.2 Å². The highest BCUT2D eigenvalue weighted by atomic mass is 16.1. The molecule has 5 heteroatoms. The molecular formula is C10H13N3O2. The zero-order chi connectivity index (χ0) is 10.9. The van der Waals surface area contributed by atoms with Gasteiger partial charge in [-0.1, -0.05) is 12.2 Å². The van der Waals surface area contributed by atoms with Crippen LogP contribution in [0, 0.1) is 0 Å². The molecule has 0 aromatic rings. The molecule has 0 aromatic heterocycles. The number of hydrazine groups is 1. The Morgan fingerprint density at radius 1 is 1.60 bits per heavy atom. The van der Waals surface area contributed by atoms with Crippen LogP contribution in [0.3, 0.4) is 0 Å². The van der Waals surface area contributed by atoms with Gasteiger partial charge in [0.15, 0.2) is 0 Å². The predicted molar refractivity (Wildman–Crippen MR) is 55.6 cm³/mol. The first-order valence-electron chi connectivity index (χ1n) is 4.71. The predicted octanol–water partition coefficient (Wildman–Crippen LogP) is 0.219. The smallest absolute Gasteiger partial charge is 0.235 e. The summed E-state index contributed by atoms with van der Waals surface area (Å²) in [6.45, 7) is 0.995. The van der Waals surface area contributed by atoms with Crippen molar-refractivity contribution in [3.8, 4) is 0 Å². The highest BCUT2D eigenvalue weighted by Crippen LogP contribution is 2.16. The molecule has 0 aliphatic heterocycles. The summed E-state index contributed by atoms with van der Waals surface area (Å²) < 4.78 is 0. The van der Waals surface area contributed by atoms with Crippen molar-refractivity contribution in [1.29, 1.82) is 0 Å². The third kappa shape index (κ3) is 4.35. The molecule has 5 nitrogen and oxygen atoms in total. The summed E-state index contributed by atoms with van der Waals surface area (Å²) in [7, 11) is 0. The second-order valence-corrected chi connectivity index (χ2v) is 3.14. The number of amides is 1. The summed E-state index contributed by atoms with van der Waals surface area (Å²) in [5.41, 5.74) is 7.31. The number of carbonyl (C=O) groups is 1. The fraction of sp³-hybridized carbons (Fsp3) is 0.400. The van der Waals surface area contributed by atoms with Gasteiger partial charge in [-0.25, -0.2) is 15.2 Å². The van der Waals surface area contributed by atoms with Crippen LogP contribution in [0.2, 0.25) is 0 Å². The molecule has 0 bridgehead atoms. The maximum Gasteiger partial charge on any atom is 0.235 e. The minimum Gasteiger partial charge on any atom is -0.294 e. The Labute approximate surface area is 87.9 Å². The fourth-order valence-corrected chi connectivity index (χ4v) is 1.41. The van der Waals surface area contributed by atoms with Crippen LogP contribution in [-0.2, 0) is 9.59 Å². The highest BCUT2D eigenvalue weighted by molar-refractivity contribution is 5.45. The van der Waals surface area contributed by atoms with Gasteiger partial charge in [0.25, 0.3) is 0 Å². The number of hydrogen-bond acceptors (Lipinski definition) is 4. The van der Waals surface area contributed by atoms with Crippen molar-refractivity contribution < 1.29 is 9.59 Å². The minimum atomic E-state index is 0.419. The summed E-state index contributed by atoms with van der Waals surface area (Å²) in [6.07, 6.45) is 8.06. The standard InChI is InChI=1S/C10H13N3O2/c14-7-11-5-9-2-1-3-10(4-9)6-12-13-8-15/h3-4,8,12H,1-2,5-6H2,(H,13,15). The van der Waals surface area contributed by atoms with Crippen LogP contribution in [0.15, 0.2) is 28.3 Å². The third-order valence-electron chi connectivity index (χ3n) is 2.06. The van der Waals surface area contributed by atoms with E-state index in [-0.39, 0.29) is 0 Å². The van der Waals surface area contributed by atoms with E-state index in [1.807, 2.05) is 6.08 Å². The molecule has 0 spiro atoms. The van der Waals surface area contributed by atoms with Crippen LogP contribution in [0.4, 0.5) is 0 Å². The van der Waals surface area contributed by atoms with Gasteiger partial charge in [0, 0.05) is 6.54 Å². The van der Waals surface area contributed by atoms with Gasteiger partial charge in [0.05, 0.1) is 6.54 Å². The Kier molecular flexibility index (Phi) is 5.08. The lowest BCUT2D eigenvalue weighted by molar-refractivity contribution is -0.110. The number of rotatable bonds is 6. The average molecular weight is 207 g/mol. The normalized spacial score (nSPS) is 14.7. The molecule has 15 heavy (non-hydrogen) atoms. The van der Waals surface area contributed by atoms with E-state index in [9.17, 15) is 9.59 Å². The lowest BCUT2D eigenvalue weighted by Gasteiger charge is -2.12. The van der Waals surface area contributed by atoms with Gasteiger partial charge in [-0.05, 0) is 24.0 Å². The largest absolute Gasteiger partial charge is 0.294 e. The SMILES string of the molecule is O=C=NCC1=CC(CNNC=O)=CCC1. The molecule has 0 saturated carbocycles. The Bertz CT molecular complexity index is 328. The zero-order valence-corrected chi connectivity index (χ0v) is 8.32. The number of hydrogen-bond donors (Lipinski definition) is 2. The molecule has 0 radical (unpaired) electrons. The first-order chi connectivity index (χ1) is 7.36. The van der Waals surface area contributed by atoms with Crippen molar-refractivity contribution in [3.63, 3.8) is 0 Å². The van der Waals surface area contributed by atoms with E-state index >= 15 is 0 Å². The van der Waals surface area contributed by atoms with E-state index < -0.39 is 0 Å². The molecule has 1 aliphatic carbocycles. The van der Waals surface area contributed by atoms with Crippen LogP contribution in [0.25, 0.3) is 0 Å². The number of nitrogens with zero attached hydrogens (tertiary/aromatic N) is 1. The van der Waals surface area contributed by atoms with E-state index in [0.717, 1.165) is 24.0 Å². The molecule has 0 saturated heterocycles. The second-order valence-electron chi connectivity index (χ2n) is 3.14. The Hall–Kier alpha value is -1.71. The fourth-order valence-electron chi connectivity index (χ4n) is 1.41. The van der Waals surface area contributed by atoms with Crippen LogP contribution in [-0.4, -0.2) is 25.6 Å². The van der Waals surface area contributed by atoms with Crippen molar-refractivity contribution in [2.75, 3.05) is 13.1 Å². The van der Waals surface area contributed by atoms with Crippen molar-refractivity contribution in [3.05, 3.63) is 23.3 Å². The lowest BCUT2D eigenvalue weighted by Crippen LogP contribution is -2.31. The molecule has 0 atom stereocenters. The van der Waals surface area contributed by atoms with Gasteiger partial charge < -0.3 is 0 Å². The first-order valence-corrected chi connectivity index (χ1v) is 4.71. The molecule has 1 aliphatic rings. The molecule has 2 N–H and O–H groups in total. The molecule has 1 rings (SSSR count). The quantitative estimate of drug-likeness (QED) is 0.215. The lowest BCUT2D eigenvalue weighted by atomic mass is 9.99. The Balaban J connectivity index is 2.44. The van der Waals surface area contributed by atoms with Gasteiger partial charge >= 0.3 is 0 Å². The Morgan fingerprint density at radius 3 is 3.20 bits per heavy atom. The summed E-state index contributed by atoms with van der Waals surface area (Å²) in [4.78, 5) is 23.5. The zero-order valence-electron chi connectivity index (χ0n) is 8.32. The summed E-state index contributed by atoms with van der Waals surface area (Å²) in [5.74, 6) is 0. The summed E-state index contributed by atoms with van der Waals surface area (Å²) in [6, 6.07) is 0. The number of aliphatic imine (C=N–C) groups is 1. The monoisotopic (exact) mass is 207 g/mol. The van der Waals surface area contributed by atoms with E-state index in [1.54, 1.807) is 0 Å².